The first kappa shape index (κ1) is 17.8. The highest BCUT2D eigenvalue weighted by Crippen LogP contribution is 2.51. The molecule has 0 aliphatic carbocycles. The average Bonchev–Trinajstić information content (AvgIpc) is 2.71. The third kappa shape index (κ3) is 2.67. The normalized spacial score (nSPS) is 17.4. The molecule has 136 valence electrons. The van der Waals surface area contributed by atoms with E-state index in [1.165, 1.54) is 14.2 Å². The zero-order valence-corrected chi connectivity index (χ0v) is 14.9. The lowest BCUT2D eigenvalue weighted by Gasteiger charge is -2.40. The first-order valence-corrected chi connectivity index (χ1v) is 8.12. The summed E-state index contributed by atoms with van der Waals surface area (Å²) in [7, 11) is 4.03. The maximum absolute atomic E-state index is 12.8. The maximum Gasteiger partial charge on any atom is 0.327 e. The van der Waals surface area contributed by atoms with Gasteiger partial charge in [-0.15, -0.1) is 0 Å². The smallest absolute Gasteiger partial charge is 0.327 e. The van der Waals surface area contributed by atoms with Crippen LogP contribution >= 0.6 is 0 Å². The lowest BCUT2D eigenvalue weighted by molar-refractivity contribution is -0.179. The van der Waals surface area contributed by atoms with E-state index in [1.54, 1.807) is 37.4 Å². The monoisotopic (exact) mass is 356 g/mol. The summed E-state index contributed by atoms with van der Waals surface area (Å²) in [6.07, 6.45) is -0.828. The number of carbonyl (C=O) groups excluding carboxylic acids is 2. The van der Waals surface area contributed by atoms with Gasteiger partial charge in [-0.1, -0.05) is 42.5 Å². The lowest BCUT2D eigenvalue weighted by atomic mass is 9.72. The second-order valence-corrected chi connectivity index (χ2v) is 5.99. The van der Waals surface area contributed by atoms with Gasteiger partial charge in [0.25, 0.3) is 0 Å². The van der Waals surface area contributed by atoms with Gasteiger partial charge >= 0.3 is 11.9 Å². The van der Waals surface area contributed by atoms with E-state index in [2.05, 4.69) is 0 Å². The van der Waals surface area contributed by atoms with Gasteiger partial charge in [-0.2, -0.15) is 0 Å². The Labute approximate surface area is 151 Å². The number of fused-ring (bicyclic) bond motifs is 1. The molecular weight excluding hydrogens is 336 g/mol. The van der Waals surface area contributed by atoms with Crippen LogP contribution in [-0.2, 0) is 25.5 Å². The van der Waals surface area contributed by atoms with Crippen LogP contribution in [0.25, 0.3) is 0 Å². The third-order valence-electron chi connectivity index (χ3n) is 4.63. The van der Waals surface area contributed by atoms with Crippen molar-refractivity contribution in [2.24, 2.45) is 5.41 Å². The minimum Gasteiger partial charge on any atom is -0.493 e. The maximum atomic E-state index is 12.8. The molecular formula is C20H20O6. The molecule has 3 rings (SSSR count). The summed E-state index contributed by atoms with van der Waals surface area (Å²) in [4.78, 5) is 25.6. The van der Waals surface area contributed by atoms with Crippen LogP contribution in [0.4, 0.5) is 0 Å². The minimum absolute atomic E-state index is 0.0818. The molecule has 0 amide bonds. The summed E-state index contributed by atoms with van der Waals surface area (Å²) in [6, 6.07) is 14.4. The van der Waals surface area contributed by atoms with Gasteiger partial charge < -0.3 is 18.9 Å². The van der Waals surface area contributed by atoms with E-state index >= 15 is 0 Å². The first-order chi connectivity index (χ1) is 12.6. The van der Waals surface area contributed by atoms with Crippen molar-refractivity contribution in [3.8, 4) is 11.5 Å². The molecule has 0 saturated heterocycles. The van der Waals surface area contributed by atoms with E-state index in [0.717, 1.165) is 0 Å². The van der Waals surface area contributed by atoms with Crippen molar-refractivity contribution in [2.75, 3.05) is 21.3 Å². The molecule has 1 unspecified atom stereocenters. The Morgan fingerprint density at radius 3 is 2.19 bits per heavy atom. The molecule has 6 nitrogen and oxygen atoms in total. The summed E-state index contributed by atoms with van der Waals surface area (Å²) >= 11 is 0. The minimum atomic E-state index is -1.65. The highest BCUT2D eigenvalue weighted by Gasteiger charge is 2.59. The number of rotatable bonds is 4. The molecule has 0 N–H and O–H groups in total. The number of para-hydroxylation sites is 1. The van der Waals surface area contributed by atoms with E-state index in [4.69, 9.17) is 18.9 Å². The molecule has 0 bridgehead atoms. The topological polar surface area (TPSA) is 71.1 Å². The Hall–Kier alpha value is -3.02. The van der Waals surface area contributed by atoms with Crippen LogP contribution in [0, 0.1) is 5.41 Å². The molecule has 6 heteroatoms. The fraction of sp³-hybridized carbons (Fsp3) is 0.300. The SMILES string of the molecule is COC(=O)C1(C(=O)OC)Cc2cccc(OC)c2OC1c1ccccc1. The Morgan fingerprint density at radius 1 is 0.962 bits per heavy atom. The predicted octanol–water partition coefficient (Wildman–Crippen LogP) is 2.70. The van der Waals surface area contributed by atoms with Crippen LogP contribution in [0.2, 0.25) is 0 Å². The van der Waals surface area contributed by atoms with Gasteiger partial charge in [0.2, 0.25) is 5.41 Å². The summed E-state index contributed by atoms with van der Waals surface area (Å²) in [5.74, 6) is -0.364. The fourth-order valence-electron chi connectivity index (χ4n) is 3.39. The van der Waals surface area contributed by atoms with Crippen LogP contribution in [-0.4, -0.2) is 33.3 Å². The van der Waals surface area contributed by atoms with Crippen molar-refractivity contribution < 1.29 is 28.5 Å². The Kier molecular flexibility index (Phi) is 4.84. The number of hydrogen-bond acceptors (Lipinski definition) is 6. The van der Waals surface area contributed by atoms with Crippen molar-refractivity contribution in [3.63, 3.8) is 0 Å². The van der Waals surface area contributed by atoms with E-state index < -0.39 is 23.5 Å². The van der Waals surface area contributed by atoms with Crippen molar-refractivity contribution in [3.05, 3.63) is 59.7 Å². The molecule has 1 atom stereocenters. The van der Waals surface area contributed by atoms with E-state index in [1.807, 2.05) is 18.2 Å². The molecule has 26 heavy (non-hydrogen) atoms. The van der Waals surface area contributed by atoms with Crippen molar-refractivity contribution in [1.82, 2.24) is 0 Å². The largest absolute Gasteiger partial charge is 0.493 e. The van der Waals surface area contributed by atoms with Crippen molar-refractivity contribution >= 4 is 11.9 Å². The molecule has 1 aliphatic heterocycles. The second-order valence-electron chi connectivity index (χ2n) is 5.99. The van der Waals surface area contributed by atoms with Crippen LogP contribution in [0.15, 0.2) is 48.5 Å². The number of carbonyl (C=O) groups is 2. The predicted molar refractivity (Wildman–Crippen MR) is 93.0 cm³/mol. The fourth-order valence-corrected chi connectivity index (χ4v) is 3.39. The molecule has 2 aromatic rings. The van der Waals surface area contributed by atoms with Gasteiger partial charge in [0.15, 0.2) is 17.6 Å². The number of benzene rings is 2. The first-order valence-electron chi connectivity index (χ1n) is 8.12. The van der Waals surface area contributed by atoms with Crippen LogP contribution in [0.5, 0.6) is 11.5 Å². The summed E-state index contributed by atoms with van der Waals surface area (Å²) in [5, 5.41) is 0. The van der Waals surface area contributed by atoms with Gasteiger partial charge in [0.05, 0.1) is 21.3 Å². The highest BCUT2D eigenvalue weighted by molar-refractivity contribution is 6.01. The molecule has 1 heterocycles. The summed E-state index contributed by atoms with van der Waals surface area (Å²) < 4.78 is 21.5. The Bertz CT molecular complexity index is 798. The highest BCUT2D eigenvalue weighted by atomic mass is 16.6. The summed E-state index contributed by atoms with van der Waals surface area (Å²) in [6.45, 7) is 0. The van der Waals surface area contributed by atoms with Gasteiger partial charge in [0, 0.05) is 6.42 Å². The molecule has 0 saturated carbocycles. The van der Waals surface area contributed by atoms with Gasteiger partial charge in [-0.3, -0.25) is 9.59 Å². The van der Waals surface area contributed by atoms with Gasteiger partial charge in [-0.25, -0.2) is 0 Å². The third-order valence-corrected chi connectivity index (χ3v) is 4.63. The molecule has 0 aromatic heterocycles. The van der Waals surface area contributed by atoms with Crippen molar-refractivity contribution in [2.45, 2.75) is 12.5 Å². The van der Waals surface area contributed by atoms with E-state index in [9.17, 15) is 9.59 Å². The van der Waals surface area contributed by atoms with E-state index in [0.29, 0.717) is 22.6 Å². The van der Waals surface area contributed by atoms with Crippen LogP contribution in [0.1, 0.15) is 17.2 Å². The molecule has 0 radical (unpaired) electrons. The second kappa shape index (κ2) is 7.07. The zero-order valence-electron chi connectivity index (χ0n) is 14.9. The number of hydrogen-bond donors (Lipinski definition) is 0. The number of methoxy groups -OCH3 is 3. The number of esters is 2. The molecule has 2 aromatic carbocycles. The van der Waals surface area contributed by atoms with Crippen LogP contribution < -0.4 is 9.47 Å². The molecule has 0 spiro atoms. The number of ether oxygens (including phenoxy) is 4. The molecule has 1 aliphatic rings. The summed E-state index contributed by atoms with van der Waals surface area (Å²) in [5.41, 5.74) is -0.309. The Balaban J connectivity index is 2.24. The van der Waals surface area contributed by atoms with Crippen LogP contribution in [0.3, 0.4) is 0 Å². The lowest BCUT2D eigenvalue weighted by Crippen LogP contribution is -2.51. The van der Waals surface area contributed by atoms with Gasteiger partial charge in [0.1, 0.15) is 0 Å². The quantitative estimate of drug-likeness (QED) is 0.620. The zero-order chi connectivity index (χ0) is 18.7. The average molecular weight is 356 g/mol. The van der Waals surface area contributed by atoms with Gasteiger partial charge in [-0.05, 0) is 17.2 Å². The van der Waals surface area contributed by atoms with Crippen molar-refractivity contribution in [1.29, 1.82) is 0 Å². The Morgan fingerprint density at radius 2 is 1.62 bits per heavy atom. The molecule has 0 fully saturated rings. The standard InChI is InChI=1S/C20H20O6/c1-23-15-11-7-10-14-12-20(18(21)24-2,19(22)25-3)17(26-16(14)15)13-8-5-4-6-9-13/h4-11,17H,12H2,1-3H3. The van der Waals surface area contributed by atoms with E-state index in [-0.39, 0.29) is 6.42 Å².